The highest BCUT2D eigenvalue weighted by atomic mass is 35.5. The first-order valence-corrected chi connectivity index (χ1v) is 11.7. The summed E-state index contributed by atoms with van der Waals surface area (Å²) in [7, 11) is 0. The Hall–Kier alpha value is -2.35. The van der Waals surface area contributed by atoms with Gasteiger partial charge >= 0.3 is 0 Å². The van der Waals surface area contributed by atoms with Crippen molar-refractivity contribution in [3.63, 3.8) is 0 Å². The van der Waals surface area contributed by atoms with Crippen molar-refractivity contribution in [3.05, 3.63) is 79.1 Å². The topological polar surface area (TPSA) is 56.0 Å². The molecule has 4 heterocycles. The van der Waals surface area contributed by atoms with Crippen LogP contribution in [0.15, 0.2) is 40.8 Å². The first-order chi connectivity index (χ1) is 14.4. The molecule has 1 unspecified atom stereocenters. The number of thiophene rings is 1. The second-order valence-corrected chi connectivity index (χ2v) is 10.3. The van der Waals surface area contributed by atoms with E-state index in [4.69, 9.17) is 16.6 Å². The summed E-state index contributed by atoms with van der Waals surface area (Å²) in [4.78, 5) is 11.2. The summed E-state index contributed by atoms with van der Waals surface area (Å²) in [5, 5.41) is 13.9. The predicted octanol–water partition coefficient (Wildman–Crippen LogP) is 5.67. The van der Waals surface area contributed by atoms with Gasteiger partial charge in [0.1, 0.15) is 16.4 Å². The van der Waals surface area contributed by atoms with Gasteiger partial charge in [-0.3, -0.25) is 9.56 Å². The molecule has 152 valence electrons. The second kappa shape index (κ2) is 7.11. The molecule has 3 aromatic heterocycles. The van der Waals surface area contributed by atoms with E-state index in [1.54, 1.807) is 22.7 Å². The van der Waals surface area contributed by atoms with Gasteiger partial charge in [0.25, 0.3) is 0 Å². The highest BCUT2D eigenvalue weighted by Gasteiger charge is 2.39. The van der Waals surface area contributed by atoms with Gasteiger partial charge in [0.15, 0.2) is 5.82 Å². The van der Waals surface area contributed by atoms with Crippen LogP contribution in [-0.4, -0.2) is 25.5 Å². The quantitative estimate of drug-likeness (QED) is 0.401. The van der Waals surface area contributed by atoms with Crippen molar-refractivity contribution in [1.82, 2.24) is 19.7 Å². The zero-order valence-corrected chi connectivity index (χ0v) is 19.5. The van der Waals surface area contributed by atoms with Crippen molar-refractivity contribution >= 4 is 40.0 Å². The number of thiazole rings is 1. The van der Waals surface area contributed by atoms with Crippen molar-refractivity contribution in [3.8, 4) is 5.00 Å². The molecule has 0 radical (unpaired) electrons. The summed E-state index contributed by atoms with van der Waals surface area (Å²) in [5.74, 6) is 1.71. The molecule has 1 atom stereocenters. The van der Waals surface area contributed by atoms with Gasteiger partial charge in [0.05, 0.1) is 10.7 Å². The molecule has 4 aromatic rings. The fourth-order valence-electron chi connectivity index (χ4n) is 3.92. The number of nitrogens with zero attached hydrogens (tertiary/aromatic N) is 5. The molecule has 8 heteroatoms. The summed E-state index contributed by atoms with van der Waals surface area (Å²) in [5.41, 5.74) is 3.79. The van der Waals surface area contributed by atoms with Crippen LogP contribution in [0.5, 0.6) is 0 Å². The third-order valence-electron chi connectivity index (χ3n) is 5.57. The van der Waals surface area contributed by atoms with Crippen LogP contribution in [0.25, 0.3) is 5.00 Å². The summed E-state index contributed by atoms with van der Waals surface area (Å²) >= 11 is 9.58. The van der Waals surface area contributed by atoms with Gasteiger partial charge in [-0.15, -0.1) is 32.9 Å². The van der Waals surface area contributed by atoms with E-state index < -0.39 is 5.54 Å². The van der Waals surface area contributed by atoms with Crippen molar-refractivity contribution < 1.29 is 0 Å². The Balaban J connectivity index is 1.83. The van der Waals surface area contributed by atoms with Crippen LogP contribution in [0.3, 0.4) is 0 Å². The van der Waals surface area contributed by atoms with Crippen LogP contribution >= 0.6 is 34.3 Å². The van der Waals surface area contributed by atoms with Gasteiger partial charge in [-0.05, 0) is 45.4 Å². The van der Waals surface area contributed by atoms with Crippen LogP contribution in [0.4, 0.5) is 0 Å². The van der Waals surface area contributed by atoms with Crippen molar-refractivity contribution in [2.45, 2.75) is 39.7 Å². The van der Waals surface area contributed by atoms with E-state index in [0.717, 1.165) is 38.5 Å². The van der Waals surface area contributed by atoms with Crippen LogP contribution in [0, 0.1) is 20.8 Å². The Morgan fingerprint density at radius 2 is 1.87 bits per heavy atom. The van der Waals surface area contributed by atoms with Crippen LogP contribution < -0.4 is 0 Å². The van der Waals surface area contributed by atoms with E-state index in [2.05, 4.69) is 40.5 Å². The average Bonchev–Trinajstić information content (AvgIpc) is 3.40. The number of aromatic nitrogens is 4. The average molecular weight is 454 g/mol. The van der Waals surface area contributed by atoms with Crippen molar-refractivity contribution in [2.24, 2.45) is 4.99 Å². The number of halogens is 1. The molecule has 0 spiro atoms. The van der Waals surface area contributed by atoms with Crippen LogP contribution in [-0.2, 0) is 12.0 Å². The zero-order chi connectivity index (χ0) is 21.0. The molecule has 1 aliphatic heterocycles. The largest absolute Gasteiger partial charge is 0.271 e. The number of rotatable bonds is 3. The molecule has 1 aliphatic rings. The first kappa shape index (κ1) is 19.6. The van der Waals surface area contributed by atoms with E-state index in [0.29, 0.717) is 11.4 Å². The summed E-state index contributed by atoms with van der Waals surface area (Å²) in [6.45, 7) is 8.45. The summed E-state index contributed by atoms with van der Waals surface area (Å²) in [6, 6.07) is 7.92. The zero-order valence-electron chi connectivity index (χ0n) is 17.1. The maximum Gasteiger partial charge on any atom is 0.166 e. The Morgan fingerprint density at radius 3 is 2.57 bits per heavy atom. The van der Waals surface area contributed by atoms with Crippen LogP contribution in [0.1, 0.15) is 45.1 Å². The first-order valence-electron chi connectivity index (χ1n) is 9.65. The molecule has 0 saturated carbocycles. The highest BCUT2D eigenvalue weighted by Crippen LogP contribution is 2.42. The van der Waals surface area contributed by atoms with Gasteiger partial charge in [-0.1, -0.05) is 23.7 Å². The molecular formula is C22H20ClN5S2. The fraction of sp³-hybridized carbons (Fsp3) is 0.273. The summed E-state index contributed by atoms with van der Waals surface area (Å²) in [6.07, 6.45) is 2.50. The molecule has 5 nitrogen and oxygen atoms in total. The monoisotopic (exact) mass is 453 g/mol. The molecule has 0 N–H and O–H groups in total. The molecule has 0 aliphatic carbocycles. The number of fused-ring (bicyclic) bond motifs is 3. The molecule has 0 amide bonds. The third-order valence-corrected chi connectivity index (χ3v) is 7.79. The Morgan fingerprint density at radius 1 is 1.10 bits per heavy atom. The molecular weight excluding hydrogens is 434 g/mol. The molecule has 0 fully saturated rings. The van der Waals surface area contributed by atoms with E-state index in [1.165, 1.54) is 10.4 Å². The molecule has 5 rings (SSSR count). The van der Waals surface area contributed by atoms with Crippen LogP contribution in [0.2, 0.25) is 5.02 Å². The number of hydrogen-bond donors (Lipinski definition) is 0. The minimum Gasteiger partial charge on any atom is -0.271 e. The third kappa shape index (κ3) is 3.04. The highest BCUT2D eigenvalue weighted by molar-refractivity contribution is 7.15. The lowest BCUT2D eigenvalue weighted by Crippen LogP contribution is -2.27. The van der Waals surface area contributed by atoms with Crippen molar-refractivity contribution in [2.75, 3.05) is 0 Å². The Kier molecular flexibility index (Phi) is 4.65. The fourth-order valence-corrected chi connectivity index (χ4v) is 6.02. The number of hydrogen-bond acceptors (Lipinski definition) is 6. The smallest absolute Gasteiger partial charge is 0.166 e. The molecule has 30 heavy (non-hydrogen) atoms. The lowest BCUT2D eigenvalue weighted by molar-refractivity contribution is 0.456. The van der Waals surface area contributed by atoms with E-state index in [-0.39, 0.29) is 0 Å². The lowest BCUT2D eigenvalue weighted by atomic mass is 9.95. The van der Waals surface area contributed by atoms with E-state index in [1.807, 2.05) is 42.8 Å². The Bertz CT molecular complexity index is 1270. The number of aryl methyl sites for hydroxylation is 2. The number of aliphatic imine (C=N–C) groups is 1. The molecule has 0 bridgehead atoms. The normalized spacial score (nSPS) is 18.0. The van der Waals surface area contributed by atoms with Gasteiger partial charge in [0.2, 0.25) is 0 Å². The minimum absolute atomic E-state index is 0.604. The molecule has 0 saturated heterocycles. The predicted molar refractivity (Wildman–Crippen MR) is 124 cm³/mol. The Labute approximate surface area is 188 Å². The van der Waals surface area contributed by atoms with Gasteiger partial charge in [-0.25, -0.2) is 4.98 Å². The lowest BCUT2D eigenvalue weighted by Gasteiger charge is -2.23. The molecule has 1 aromatic carbocycles. The SMILES string of the molecule is Cc1sc2c(c1C)C(c1ccc(Cl)cc1)=NC(C)(Cc1nccs1)c1nnc(C)n1-2. The van der Waals surface area contributed by atoms with Crippen molar-refractivity contribution in [1.29, 1.82) is 0 Å². The second-order valence-electron chi connectivity index (χ2n) is 7.71. The van der Waals surface area contributed by atoms with Gasteiger partial charge in [0, 0.05) is 39.0 Å². The number of benzene rings is 1. The van der Waals surface area contributed by atoms with Gasteiger partial charge in [-0.2, -0.15) is 0 Å². The standard InChI is InChI=1S/C22H20ClN5S2/c1-12-13(2)30-20-18(12)19(15-5-7-16(23)8-6-15)25-22(4,11-17-24-9-10-29-17)21-27-26-14(3)28(20)21/h5-10H,11H2,1-4H3. The summed E-state index contributed by atoms with van der Waals surface area (Å²) < 4.78 is 2.18. The van der Waals surface area contributed by atoms with E-state index >= 15 is 0 Å². The van der Waals surface area contributed by atoms with E-state index in [9.17, 15) is 0 Å². The van der Waals surface area contributed by atoms with Gasteiger partial charge < -0.3 is 0 Å². The maximum atomic E-state index is 6.18. The maximum absolute atomic E-state index is 6.18. The minimum atomic E-state index is -0.604.